The standard InChI is InChI=1S/C15H15BrFN/c1-10-14(17)4-3-5-15(10)18-11(2)12-6-8-13(16)9-7-12/h3-9,11,18H,1-2H3. The molecule has 3 heteroatoms. The lowest BCUT2D eigenvalue weighted by atomic mass is 10.1. The van der Waals surface area contributed by atoms with Gasteiger partial charge >= 0.3 is 0 Å². The van der Waals surface area contributed by atoms with E-state index < -0.39 is 0 Å². The van der Waals surface area contributed by atoms with Crippen LogP contribution >= 0.6 is 15.9 Å². The number of hydrogen-bond donors (Lipinski definition) is 1. The third-order valence-corrected chi connectivity index (χ3v) is 3.54. The summed E-state index contributed by atoms with van der Waals surface area (Å²) in [6.07, 6.45) is 0. The molecule has 0 aliphatic carbocycles. The molecule has 0 amide bonds. The second kappa shape index (κ2) is 5.53. The zero-order chi connectivity index (χ0) is 13.1. The van der Waals surface area contributed by atoms with Crippen LogP contribution < -0.4 is 5.32 Å². The van der Waals surface area contributed by atoms with Crippen molar-refractivity contribution in [3.05, 3.63) is 63.9 Å². The van der Waals surface area contributed by atoms with Gasteiger partial charge in [0.1, 0.15) is 5.82 Å². The Balaban J connectivity index is 2.18. The van der Waals surface area contributed by atoms with Crippen LogP contribution in [0.5, 0.6) is 0 Å². The van der Waals surface area contributed by atoms with E-state index in [0.717, 1.165) is 10.2 Å². The van der Waals surface area contributed by atoms with Crippen LogP contribution in [0.25, 0.3) is 0 Å². The van der Waals surface area contributed by atoms with Gasteiger partial charge in [0.15, 0.2) is 0 Å². The van der Waals surface area contributed by atoms with Crippen LogP contribution in [0.4, 0.5) is 10.1 Å². The first-order chi connectivity index (χ1) is 8.58. The molecule has 1 N–H and O–H groups in total. The normalized spacial score (nSPS) is 12.2. The molecular weight excluding hydrogens is 293 g/mol. The van der Waals surface area contributed by atoms with E-state index in [2.05, 4.69) is 40.3 Å². The molecule has 0 heterocycles. The fourth-order valence-corrected chi connectivity index (χ4v) is 2.10. The zero-order valence-corrected chi connectivity index (χ0v) is 12.0. The molecule has 0 aromatic heterocycles. The van der Waals surface area contributed by atoms with Crippen molar-refractivity contribution in [2.75, 3.05) is 5.32 Å². The molecule has 2 aromatic carbocycles. The van der Waals surface area contributed by atoms with Crippen LogP contribution in [0.2, 0.25) is 0 Å². The highest BCUT2D eigenvalue weighted by atomic mass is 79.9. The van der Waals surface area contributed by atoms with E-state index in [1.807, 2.05) is 18.2 Å². The Bertz CT molecular complexity index is 537. The van der Waals surface area contributed by atoms with Crippen molar-refractivity contribution in [1.82, 2.24) is 0 Å². The number of halogens is 2. The molecule has 0 spiro atoms. The fourth-order valence-electron chi connectivity index (χ4n) is 1.83. The smallest absolute Gasteiger partial charge is 0.128 e. The molecule has 0 saturated heterocycles. The maximum atomic E-state index is 13.4. The first-order valence-corrected chi connectivity index (χ1v) is 6.64. The second-order valence-electron chi connectivity index (χ2n) is 4.33. The first-order valence-electron chi connectivity index (χ1n) is 5.85. The van der Waals surface area contributed by atoms with Crippen LogP contribution in [0.3, 0.4) is 0 Å². The third kappa shape index (κ3) is 2.91. The number of hydrogen-bond acceptors (Lipinski definition) is 1. The highest BCUT2D eigenvalue weighted by Crippen LogP contribution is 2.24. The van der Waals surface area contributed by atoms with Crippen molar-refractivity contribution >= 4 is 21.6 Å². The number of anilines is 1. The van der Waals surface area contributed by atoms with Gasteiger partial charge in [-0.15, -0.1) is 0 Å². The number of nitrogens with one attached hydrogen (secondary N) is 1. The molecule has 0 saturated carbocycles. The summed E-state index contributed by atoms with van der Waals surface area (Å²) >= 11 is 3.41. The lowest BCUT2D eigenvalue weighted by molar-refractivity contribution is 0.618. The van der Waals surface area contributed by atoms with Gasteiger partial charge in [0.25, 0.3) is 0 Å². The minimum Gasteiger partial charge on any atom is -0.378 e. The first kappa shape index (κ1) is 13.1. The lowest BCUT2D eigenvalue weighted by Gasteiger charge is -2.17. The summed E-state index contributed by atoms with van der Waals surface area (Å²) in [5, 5.41) is 3.33. The van der Waals surface area contributed by atoms with Gasteiger partial charge in [-0.1, -0.05) is 34.1 Å². The van der Waals surface area contributed by atoms with Gasteiger partial charge in [0.05, 0.1) is 0 Å². The van der Waals surface area contributed by atoms with Crippen LogP contribution in [-0.4, -0.2) is 0 Å². The second-order valence-corrected chi connectivity index (χ2v) is 5.25. The number of rotatable bonds is 3. The Hall–Kier alpha value is -1.35. The molecule has 0 radical (unpaired) electrons. The summed E-state index contributed by atoms with van der Waals surface area (Å²) in [7, 11) is 0. The van der Waals surface area contributed by atoms with Gasteiger partial charge in [-0.2, -0.15) is 0 Å². The molecule has 0 aliphatic heterocycles. The molecular formula is C15H15BrFN. The minimum absolute atomic E-state index is 0.138. The SMILES string of the molecule is Cc1c(F)cccc1NC(C)c1ccc(Br)cc1. The largest absolute Gasteiger partial charge is 0.378 e. The van der Waals surface area contributed by atoms with Crippen LogP contribution in [0.1, 0.15) is 24.1 Å². The van der Waals surface area contributed by atoms with Crippen molar-refractivity contribution < 1.29 is 4.39 Å². The van der Waals surface area contributed by atoms with E-state index in [0.29, 0.717) is 5.56 Å². The summed E-state index contributed by atoms with van der Waals surface area (Å²) in [4.78, 5) is 0. The third-order valence-electron chi connectivity index (χ3n) is 3.01. The summed E-state index contributed by atoms with van der Waals surface area (Å²) < 4.78 is 14.5. The summed E-state index contributed by atoms with van der Waals surface area (Å²) in [5.41, 5.74) is 2.66. The Kier molecular flexibility index (Phi) is 4.02. The molecule has 1 atom stereocenters. The quantitative estimate of drug-likeness (QED) is 0.834. The van der Waals surface area contributed by atoms with E-state index >= 15 is 0 Å². The van der Waals surface area contributed by atoms with Crippen molar-refractivity contribution in [2.45, 2.75) is 19.9 Å². The molecule has 2 rings (SSSR count). The maximum absolute atomic E-state index is 13.4. The highest BCUT2D eigenvalue weighted by molar-refractivity contribution is 9.10. The van der Waals surface area contributed by atoms with Gasteiger partial charge in [0, 0.05) is 21.8 Å². The monoisotopic (exact) mass is 307 g/mol. The molecule has 1 nitrogen and oxygen atoms in total. The molecule has 2 aromatic rings. The fraction of sp³-hybridized carbons (Fsp3) is 0.200. The topological polar surface area (TPSA) is 12.0 Å². The van der Waals surface area contributed by atoms with Gasteiger partial charge in [-0.05, 0) is 43.7 Å². The van der Waals surface area contributed by atoms with E-state index in [9.17, 15) is 4.39 Å². The Morgan fingerprint density at radius 3 is 2.44 bits per heavy atom. The van der Waals surface area contributed by atoms with Crippen LogP contribution in [0.15, 0.2) is 46.9 Å². The van der Waals surface area contributed by atoms with Crippen molar-refractivity contribution in [3.8, 4) is 0 Å². The summed E-state index contributed by atoms with van der Waals surface area (Å²) in [6, 6.07) is 13.3. The predicted molar refractivity (Wildman–Crippen MR) is 77.3 cm³/mol. The van der Waals surface area contributed by atoms with E-state index in [1.54, 1.807) is 13.0 Å². The summed E-state index contributed by atoms with van der Waals surface area (Å²) in [5.74, 6) is -0.178. The molecule has 0 bridgehead atoms. The van der Waals surface area contributed by atoms with Crippen LogP contribution in [0, 0.1) is 12.7 Å². The molecule has 18 heavy (non-hydrogen) atoms. The Morgan fingerprint density at radius 1 is 1.11 bits per heavy atom. The van der Waals surface area contributed by atoms with Crippen molar-refractivity contribution in [3.63, 3.8) is 0 Å². The van der Waals surface area contributed by atoms with Crippen molar-refractivity contribution in [1.29, 1.82) is 0 Å². The van der Waals surface area contributed by atoms with E-state index in [4.69, 9.17) is 0 Å². The lowest BCUT2D eigenvalue weighted by Crippen LogP contribution is -2.08. The van der Waals surface area contributed by atoms with Gasteiger partial charge in [-0.25, -0.2) is 4.39 Å². The molecule has 0 fully saturated rings. The molecule has 1 unspecified atom stereocenters. The van der Waals surface area contributed by atoms with Gasteiger partial charge in [0.2, 0.25) is 0 Å². The average Bonchev–Trinajstić information content (AvgIpc) is 2.36. The van der Waals surface area contributed by atoms with Gasteiger partial charge in [-0.3, -0.25) is 0 Å². The van der Waals surface area contributed by atoms with E-state index in [1.165, 1.54) is 11.6 Å². The number of benzene rings is 2. The zero-order valence-electron chi connectivity index (χ0n) is 10.4. The maximum Gasteiger partial charge on any atom is 0.128 e. The van der Waals surface area contributed by atoms with Crippen LogP contribution in [-0.2, 0) is 0 Å². The average molecular weight is 308 g/mol. The molecule has 94 valence electrons. The summed E-state index contributed by atoms with van der Waals surface area (Å²) in [6.45, 7) is 3.85. The van der Waals surface area contributed by atoms with Crippen molar-refractivity contribution in [2.24, 2.45) is 0 Å². The minimum atomic E-state index is -0.178. The van der Waals surface area contributed by atoms with E-state index in [-0.39, 0.29) is 11.9 Å². The van der Waals surface area contributed by atoms with Gasteiger partial charge < -0.3 is 5.32 Å². The predicted octanol–water partition coefficient (Wildman–Crippen LogP) is 5.07. The Labute approximate surface area is 115 Å². The Morgan fingerprint density at radius 2 is 1.78 bits per heavy atom. The molecule has 0 aliphatic rings. The highest BCUT2D eigenvalue weighted by Gasteiger charge is 2.08.